The van der Waals surface area contributed by atoms with Gasteiger partial charge in [0, 0.05) is 0 Å². The number of benzene rings is 1. The standard InChI is InChI=1S/C12H16O3/c1-3-9(2)11(15-12(13)14)10-7-5-4-6-8-10/h4-9,11H,3H2,1-2H3,(H,13,14). The van der Waals surface area contributed by atoms with Crippen molar-refractivity contribution in [2.24, 2.45) is 5.92 Å². The van der Waals surface area contributed by atoms with E-state index in [1.807, 2.05) is 44.2 Å². The van der Waals surface area contributed by atoms with Gasteiger partial charge in [-0.2, -0.15) is 0 Å². The Morgan fingerprint density at radius 2 is 2.00 bits per heavy atom. The minimum Gasteiger partial charge on any atom is -0.450 e. The molecule has 0 saturated heterocycles. The van der Waals surface area contributed by atoms with Crippen LogP contribution in [0, 0.1) is 5.92 Å². The van der Waals surface area contributed by atoms with Gasteiger partial charge in [-0.25, -0.2) is 4.79 Å². The van der Waals surface area contributed by atoms with Crippen molar-refractivity contribution < 1.29 is 14.6 Å². The van der Waals surface area contributed by atoms with Gasteiger partial charge < -0.3 is 9.84 Å². The summed E-state index contributed by atoms with van der Waals surface area (Å²) in [4.78, 5) is 10.6. The Bertz CT molecular complexity index is 308. The molecule has 0 spiro atoms. The third kappa shape index (κ3) is 3.27. The first kappa shape index (κ1) is 11.6. The van der Waals surface area contributed by atoms with Gasteiger partial charge in [0.25, 0.3) is 0 Å². The molecule has 2 atom stereocenters. The van der Waals surface area contributed by atoms with E-state index in [1.54, 1.807) is 0 Å². The zero-order chi connectivity index (χ0) is 11.3. The minimum atomic E-state index is -1.22. The van der Waals surface area contributed by atoms with Gasteiger partial charge in [-0.3, -0.25) is 0 Å². The third-order valence-electron chi connectivity index (χ3n) is 2.52. The lowest BCUT2D eigenvalue weighted by atomic mass is 9.95. The highest BCUT2D eigenvalue weighted by molar-refractivity contribution is 5.57. The van der Waals surface area contributed by atoms with Crippen LogP contribution in [0.5, 0.6) is 0 Å². The summed E-state index contributed by atoms with van der Waals surface area (Å²) in [5.74, 6) is 0.184. The number of carboxylic acid groups (broad SMARTS) is 1. The summed E-state index contributed by atoms with van der Waals surface area (Å²) in [6.45, 7) is 4.01. The van der Waals surface area contributed by atoms with Crippen molar-refractivity contribution in [2.45, 2.75) is 26.4 Å². The van der Waals surface area contributed by atoms with Gasteiger partial charge in [-0.15, -0.1) is 0 Å². The van der Waals surface area contributed by atoms with Gasteiger partial charge in [0.05, 0.1) is 0 Å². The highest BCUT2D eigenvalue weighted by Crippen LogP contribution is 2.27. The smallest absolute Gasteiger partial charge is 0.450 e. The van der Waals surface area contributed by atoms with E-state index in [4.69, 9.17) is 9.84 Å². The van der Waals surface area contributed by atoms with Crippen molar-refractivity contribution in [1.82, 2.24) is 0 Å². The molecule has 0 saturated carbocycles. The number of carbonyl (C=O) groups is 1. The van der Waals surface area contributed by atoms with E-state index in [9.17, 15) is 4.79 Å². The van der Waals surface area contributed by atoms with E-state index in [-0.39, 0.29) is 12.0 Å². The molecule has 0 aliphatic carbocycles. The van der Waals surface area contributed by atoms with E-state index in [0.717, 1.165) is 12.0 Å². The molecule has 0 fully saturated rings. The van der Waals surface area contributed by atoms with Crippen LogP contribution in [0.25, 0.3) is 0 Å². The highest BCUT2D eigenvalue weighted by Gasteiger charge is 2.21. The largest absolute Gasteiger partial charge is 0.506 e. The molecule has 1 rings (SSSR count). The van der Waals surface area contributed by atoms with Crippen LogP contribution >= 0.6 is 0 Å². The molecular weight excluding hydrogens is 192 g/mol. The SMILES string of the molecule is CCC(C)C(OC(=O)O)c1ccccc1. The van der Waals surface area contributed by atoms with Crippen molar-refractivity contribution in [3.05, 3.63) is 35.9 Å². The molecule has 1 aromatic rings. The number of hydrogen-bond acceptors (Lipinski definition) is 2. The summed E-state index contributed by atoms with van der Waals surface area (Å²) < 4.78 is 4.91. The molecule has 0 aliphatic rings. The summed E-state index contributed by atoms with van der Waals surface area (Å²) in [6.07, 6.45) is -0.704. The first-order chi connectivity index (χ1) is 7.15. The normalized spacial score (nSPS) is 14.3. The molecule has 0 heterocycles. The van der Waals surface area contributed by atoms with Crippen LogP contribution < -0.4 is 0 Å². The van der Waals surface area contributed by atoms with Crippen LogP contribution in [-0.2, 0) is 4.74 Å². The van der Waals surface area contributed by atoms with Crippen molar-refractivity contribution in [2.75, 3.05) is 0 Å². The van der Waals surface area contributed by atoms with Gasteiger partial charge in [0.2, 0.25) is 0 Å². The fraction of sp³-hybridized carbons (Fsp3) is 0.417. The van der Waals surface area contributed by atoms with Crippen molar-refractivity contribution >= 4 is 6.16 Å². The average Bonchev–Trinajstić information content (AvgIpc) is 2.26. The summed E-state index contributed by atoms with van der Waals surface area (Å²) in [5.41, 5.74) is 0.911. The molecule has 3 heteroatoms. The van der Waals surface area contributed by atoms with Crippen molar-refractivity contribution in [1.29, 1.82) is 0 Å². The van der Waals surface area contributed by atoms with Crippen LogP contribution in [0.2, 0.25) is 0 Å². The van der Waals surface area contributed by atoms with Gasteiger partial charge in [0.1, 0.15) is 6.10 Å². The molecule has 0 amide bonds. The lowest BCUT2D eigenvalue weighted by molar-refractivity contribution is 0.0263. The Labute approximate surface area is 89.7 Å². The topological polar surface area (TPSA) is 46.5 Å². The van der Waals surface area contributed by atoms with Crippen LogP contribution in [0.15, 0.2) is 30.3 Å². The molecule has 15 heavy (non-hydrogen) atoms. The van der Waals surface area contributed by atoms with Gasteiger partial charge in [0.15, 0.2) is 0 Å². The maximum absolute atomic E-state index is 10.6. The van der Waals surface area contributed by atoms with E-state index in [1.165, 1.54) is 0 Å². The number of ether oxygens (including phenoxy) is 1. The van der Waals surface area contributed by atoms with E-state index >= 15 is 0 Å². The Balaban J connectivity index is 2.86. The molecule has 2 unspecified atom stereocenters. The number of rotatable bonds is 4. The van der Waals surface area contributed by atoms with Gasteiger partial charge in [-0.1, -0.05) is 44.2 Å². The zero-order valence-corrected chi connectivity index (χ0v) is 9.01. The Morgan fingerprint density at radius 3 is 2.47 bits per heavy atom. The van der Waals surface area contributed by atoms with E-state index in [0.29, 0.717) is 0 Å². The van der Waals surface area contributed by atoms with Crippen molar-refractivity contribution in [3.8, 4) is 0 Å². The second kappa shape index (κ2) is 5.39. The Kier molecular flexibility index (Phi) is 4.16. The number of hydrogen-bond donors (Lipinski definition) is 1. The fourth-order valence-corrected chi connectivity index (χ4v) is 1.48. The van der Waals surface area contributed by atoms with Crippen LogP contribution in [0.3, 0.4) is 0 Å². The summed E-state index contributed by atoms with van der Waals surface area (Å²) in [6, 6.07) is 9.45. The molecule has 82 valence electrons. The third-order valence-corrected chi connectivity index (χ3v) is 2.52. The Hall–Kier alpha value is -1.51. The first-order valence-electron chi connectivity index (χ1n) is 5.09. The predicted molar refractivity (Wildman–Crippen MR) is 57.7 cm³/mol. The zero-order valence-electron chi connectivity index (χ0n) is 9.01. The van der Waals surface area contributed by atoms with Gasteiger partial charge >= 0.3 is 6.16 Å². The lowest BCUT2D eigenvalue weighted by Crippen LogP contribution is -2.16. The van der Waals surface area contributed by atoms with Gasteiger partial charge in [-0.05, 0) is 17.9 Å². The molecule has 0 aromatic heterocycles. The van der Waals surface area contributed by atoms with Crippen LogP contribution in [0.4, 0.5) is 4.79 Å². The van der Waals surface area contributed by atoms with Crippen molar-refractivity contribution in [3.63, 3.8) is 0 Å². The molecule has 0 bridgehead atoms. The fourth-order valence-electron chi connectivity index (χ4n) is 1.48. The molecule has 1 aromatic carbocycles. The summed E-state index contributed by atoms with van der Waals surface area (Å²) in [5, 5.41) is 8.67. The maximum Gasteiger partial charge on any atom is 0.506 e. The minimum absolute atomic E-state index is 0.184. The Morgan fingerprint density at radius 1 is 1.40 bits per heavy atom. The quantitative estimate of drug-likeness (QED) is 0.770. The summed E-state index contributed by atoms with van der Waals surface area (Å²) >= 11 is 0. The maximum atomic E-state index is 10.6. The second-order valence-corrected chi connectivity index (χ2v) is 3.60. The summed E-state index contributed by atoms with van der Waals surface area (Å²) in [7, 11) is 0. The molecule has 0 radical (unpaired) electrons. The van der Waals surface area contributed by atoms with E-state index in [2.05, 4.69) is 0 Å². The monoisotopic (exact) mass is 208 g/mol. The van der Waals surface area contributed by atoms with Crippen LogP contribution in [0.1, 0.15) is 31.9 Å². The van der Waals surface area contributed by atoms with Crippen LogP contribution in [-0.4, -0.2) is 11.3 Å². The second-order valence-electron chi connectivity index (χ2n) is 3.60. The molecular formula is C12H16O3. The lowest BCUT2D eigenvalue weighted by Gasteiger charge is -2.21. The van der Waals surface area contributed by atoms with E-state index < -0.39 is 6.16 Å². The highest BCUT2D eigenvalue weighted by atomic mass is 16.7. The molecule has 0 aliphatic heterocycles. The predicted octanol–water partition coefficient (Wildman–Crippen LogP) is 3.47. The average molecular weight is 208 g/mol. The molecule has 1 N–H and O–H groups in total. The molecule has 3 nitrogen and oxygen atoms in total. The first-order valence-corrected chi connectivity index (χ1v) is 5.09.